The lowest BCUT2D eigenvalue weighted by Crippen LogP contribution is -2.43. The van der Waals surface area contributed by atoms with E-state index in [1.54, 1.807) is 43.3 Å². The zero-order valence-electron chi connectivity index (χ0n) is 13.4. The summed E-state index contributed by atoms with van der Waals surface area (Å²) in [5.41, 5.74) is -1.06. The average molecular weight is 327 g/mol. The second-order valence-corrected chi connectivity index (χ2v) is 6.80. The van der Waals surface area contributed by atoms with Gasteiger partial charge in [-0.05, 0) is 38.1 Å². The largest absolute Gasteiger partial charge is 0.393 e. The van der Waals surface area contributed by atoms with Gasteiger partial charge in [-0.15, -0.1) is 0 Å². The van der Waals surface area contributed by atoms with Crippen LogP contribution in [0.4, 0.5) is 5.69 Å². The molecule has 0 aromatic heterocycles. The van der Waals surface area contributed by atoms with Gasteiger partial charge < -0.3 is 9.84 Å². The second-order valence-electron chi connectivity index (χ2n) is 6.80. The van der Waals surface area contributed by atoms with Gasteiger partial charge in [0.1, 0.15) is 5.60 Å². The molecule has 1 aromatic carbocycles. The van der Waals surface area contributed by atoms with Gasteiger partial charge in [0.25, 0.3) is 0 Å². The summed E-state index contributed by atoms with van der Waals surface area (Å²) in [4.78, 5) is 38.4. The van der Waals surface area contributed by atoms with Crippen molar-refractivity contribution in [2.45, 2.75) is 25.0 Å². The Morgan fingerprint density at radius 2 is 1.79 bits per heavy atom. The number of benzene rings is 1. The maximum absolute atomic E-state index is 12.9. The Morgan fingerprint density at radius 1 is 1.17 bits per heavy atom. The smallest absolute Gasteiger partial charge is 0.241 e. The van der Waals surface area contributed by atoms with Gasteiger partial charge in [-0.1, -0.05) is 12.2 Å². The number of hydrogen-bond acceptors (Lipinski definition) is 5. The number of aliphatic hydroxyl groups is 1. The number of nitrogens with zero attached hydrogens (tertiary/aromatic N) is 1. The van der Waals surface area contributed by atoms with Crippen molar-refractivity contribution in [1.29, 1.82) is 0 Å². The van der Waals surface area contributed by atoms with Crippen LogP contribution in [0.2, 0.25) is 0 Å². The van der Waals surface area contributed by atoms with Gasteiger partial charge in [0.2, 0.25) is 11.8 Å². The summed E-state index contributed by atoms with van der Waals surface area (Å²) in [6, 6.07) is 6.38. The fourth-order valence-electron chi connectivity index (χ4n) is 4.14. The molecule has 3 aliphatic rings. The van der Waals surface area contributed by atoms with Gasteiger partial charge in [-0.25, -0.2) is 4.90 Å². The Hall–Kier alpha value is -2.31. The first kappa shape index (κ1) is 15.2. The van der Waals surface area contributed by atoms with Crippen LogP contribution in [0.5, 0.6) is 0 Å². The molecule has 0 radical (unpaired) electrons. The summed E-state index contributed by atoms with van der Waals surface area (Å²) in [5, 5.41) is 9.77. The molecule has 4 rings (SSSR count). The molecule has 2 bridgehead atoms. The molecule has 124 valence electrons. The molecule has 0 spiro atoms. The quantitative estimate of drug-likeness (QED) is 0.510. The number of amides is 2. The van der Waals surface area contributed by atoms with Gasteiger partial charge in [-0.2, -0.15) is 0 Å². The minimum absolute atomic E-state index is 0.0834. The summed E-state index contributed by atoms with van der Waals surface area (Å²) in [6.07, 6.45) is 3.46. The van der Waals surface area contributed by atoms with Crippen molar-refractivity contribution in [3.63, 3.8) is 0 Å². The fourth-order valence-corrected chi connectivity index (χ4v) is 4.14. The molecule has 1 aromatic rings. The van der Waals surface area contributed by atoms with Crippen molar-refractivity contribution in [1.82, 2.24) is 0 Å². The molecular weight excluding hydrogens is 310 g/mol. The zero-order valence-corrected chi connectivity index (χ0v) is 13.4. The third-order valence-corrected chi connectivity index (χ3v) is 5.34. The molecule has 2 saturated heterocycles. The number of Topliss-reactive ketones (excluding diaryl/α,β-unsaturated/α-hetero) is 1. The fraction of sp³-hybridized carbons (Fsp3) is 0.389. The highest BCUT2D eigenvalue weighted by Gasteiger charge is 2.72. The van der Waals surface area contributed by atoms with E-state index in [1.165, 1.54) is 6.92 Å². The summed E-state index contributed by atoms with van der Waals surface area (Å²) < 4.78 is 5.87. The van der Waals surface area contributed by atoms with Crippen LogP contribution in [0.15, 0.2) is 36.4 Å². The number of anilines is 1. The van der Waals surface area contributed by atoms with Crippen molar-refractivity contribution >= 4 is 23.3 Å². The topological polar surface area (TPSA) is 83.9 Å². The second kappa shape index (κ2) is 4.62. The van der Waals surface area contributed by atoms with Crippen LogP contribution in [0.3, 0.4) is 0 Å². The predicted molar refractivity (Wildman–Crippen MR) is 84.4 cm³/mol. The number of imide groups is 1. The van der Waals surface area contributed by atoms with Crippen molar-refractivity contribution in [2.24, 2.45) is 11.8 Å². The summed E-state index contributed by atoms with van der Waals surface area (Å²) in [7, 11) is 0. The van der Waals surface area contributed by atoms with E-state index < -0.39 is 23.0 Å². The number of ketones is 1. The van der Waals surface area contributed by atoms with Gasteiger partial charge >= 0.3 is 0 Å². The van der Waals surface area contributed by atoms with E-state index >= 15 is 0 Å². The number of aliphatic hydroxyl groups excluding tert-OH is 1. The van der Waals surface area contributed by atoms with Crippen LogP contribution >= 0.6 is 0 Å². The number of ether oxygens (including phenoxy) is 1. The summed E-state index contributed by atoms with van der Waals surface area (Å²) in [6.45, 7) is 2.87. The van der Waals surface area contributed by atoms with Crippen molar-refractivity contribution in [3.05, 3.63) is 42.0 Å². The number of fused-ring (bicyclic) bond motifs is 5. The maximum atomic E-state index is 12.9. The molecule has 1 N–H and O–H groups in total. The van der Waals surface area contributed by atoms with E-state index in [-0.39, 0.29) is 24.2 Å². The molecule has 0 saturated carbocycles. The molecule has 6 nitrogen and oxygen atoms in total. The molecule has 2 fully saturated rings. The predicted octanol–water partition coefficient (Wildman–Crippen LogP) is 1.08. The lowest BCUT2D eigenvalue weighted by molar-refractivity contribution is -0.131. The normalized spacial score (nSPS) is 36.5. The Kier molecular flexibility index (Phi) is 2.93. The van der Waals surface area contributed by atoms with E-state index in [2.05, 4.69) is 0 Å². The molecule has 0 unspecified atom stereocenters. The highest BCUT2D eigenvalue weighted by molar-refractivity contribution is 6.23. The van der Waals surface area contributed by atoms with Crippen LogP contribution < -0.4 is 4.90 Å². The van der Waals surface area contributed by atoms with E-state index in [9.17, 15) is 19.5 Å². The van der Waals surface area contributed by atoms with Crippen LogP contribution in [0.1, 0.15) is 24.2 Å². The molecule has 6 heteroatoms. The highest BCUT2D eigenvalue weighted by Crippen LogP contribution is 2.57. The number of rotatable bonds is 3. The average Bonchev–Trinajstić information content (AvgIpc) is 3.14. The lowest BCUT2D eigenvalue weighted by atomic mass is 9.73. The Labute approximate surface area is 138 Å². The molecule has 2 amide bonds. The summed E-state index contributed by atoms with van der Waals surface area (Å²) in [5.74, 6) is -2.16. The first-order valence-electron chi connectivity index (χ1n) is 7.83. The standard InChI is InChI=1S/C18H17NO5/c1-10(21)11-3-5-12(6-4-11)19-15(22)13-14(16(19)23)18(9-20)8-7-17(13,2)24-18/h3-8,13-14,20H,9H2,1-2H3/t13-,14+,17+,18-/m1/s1. The van der Waals surface area contributed by atoms with Crippen LogP contribution in [-0.2, 0) is 14.3 Å². The number of hydrogen-bond donors (Lipinski definition) is 1. The molecule has 24 heavy (non-hydrogen) atoms. The Balaban J connectivity index is 1.75. The van der Waals surface area contributed by atoms with E-state index in [0.717, 1.165) is 4.90 Å². The minimum atomic E-state index is -1.12. The third-order valence-electron chi connectivity index (χ3n) is 5.34. The first-order chi connectivity index (χ1) is 11.3. The van der Waals surface area contributed by atoms with E-state index in [4.69, 9.17) is 4.74 Å². The van der Waals surface area contributed by atoms with Crippen molar-refractivity contribution < 1.29 is 24.2 Å². The van der Waals surface area contributed by atoms with Gasteiger partial charge in [0, 0.05) is 5.56 Å². The third kappa shape index (κ3) is 1.70. The Morgan fingerprint density at radius 3 is 2.38 bits per heavy atom. The van der Waals surface area contributed by atoms with Crippen LogP contribution in [-0.4, -0.2) is 40.5 Å². The van der Waals surface area contributed by atoms with Crippen molar-refractivity contribution in [3.8, 4) is 0 Å². The maximum Gasteiger partial charge on any atom is 0.241 e. The van der Waals surface area contributed by atoms with Crippen molar-refractivity contribution in [2.75, 3.05) is 11.5 Å². The lowest BCUT2D eigenvalue weighted by Gasteiger charge is -2.27. The molecule has 3 aliphatic heterocycles. The van der Waals surface area contributed by atoms with Crippen LogP contribution in [0, 0.1) is 11.8 Å². The number of carbonyl (C=O) groups excluding carboxylic acids is 3. The SMILES string of the molecule is CC(=O)c1ccc(N2C(=O)[C@@H]3[C@H](C2=O)[C@]2(C)C=C[C@]3(CO)O2)cc1. The number of carbonyl (C=O) groups is 3. The molecule has 4 atom stereocenters. The molecule has 3 heterocycles. The molecular formula is C18H17NO5. The van der Waals surface area contributed by atoms with Gasteiger partial charge in [-0.3, -0.25) is 14.4 Å². The van der Waals surface area contributed by atoms with Gasteiger partial charge in [0.05, 0.1) is 29.7 Å². The Bertz CT molecular complexity index is 798. The van der Waals surface area contributed by atoms with E-state index in [1.807, 2.05) is 0 Å². The summed E-state index contributed by atoms with van der Waals surface area (Å²) >= 11 is 0. The van der Waals surface area contributed by atoms with Gasteiger partial charge in [0.15, 0.2) is 5.78 Å². The minimum Gasteiger partial charge on any atom is -0.393 e. The highest BCUT2D eigenvalue weighted by atomic mass is 16.5. The molecule has 0 aliphatic carbocycles. The van der Waals surface area contributed by atoms with E-state index in [0.29, 0.717) is 11.3 Å². The first-order valence-corrected chi connectivity index (χ1v) is 7.83. The zero-order chi connectivity index (χ0) is 17.3. The van der Waals surface area contributed by atoms with Crippen LogP contribution in [0.25, 0.3) is 0 Å². The monoisotopic (exact) mass is 327 g/mol.